The zero-order valence-corrected chi connectivity index (χ0v) is 8.77. The maximum Gasteiger partial charge on any atom is 0.107 e. The van der Waals surface area contributed by atoms with E-state index in [1.54, 1.807) is 0 Å². The predicted octanol–water partition coefficient (Wildman–Crippen LogP) is 1.38. The molecule has 0 N–H and O–H groups in total. The van der Waals surface area contributed by atoms with Crippen molar-refractivity contribution < 1.29 is 0 Å². The molecule has 0 aliphatic rings. The lowest BCUT2D eigenvalue weighted by Gasteiger charge is -2.01. The molecule has 0 fully saturated rings. The van der Waals surface area contributed by atoms with Crippen LogP contribution in [0.3, 0.4) is 0 Å². The summed E-state index contributed by atoms with van der Waals surface area (Å²) in [7, 11) is -0.860. The second-order valence-corrected chi connectivity index (χ2v) is 4.54. The first kappa shape index (κ1) is 10.1. The average Bonchev–Trinajstić information content (AvgIpc) is 2.20. The van der Waals surface area contributed by atoms with E-state index >= 15 is 0 Å². The van der Waals surface area contributed by atoms with Gasteiger partial charge in [0.25, 0.3) is 0 Å². The normalized spacial score (nSPS) is 11.7. The summed E-state index contributed by atoms with van der Waals surface area (Å²) in [5.41, 5.74) is 16.5. The van der Waals surface area contributed by atoms with Gasteiger partial charge in [-0.2, -0.15) is 0 Å². The quantitative estimate of drug-likeness (QED) is 0.306. The van der Waals surface area contributed by atoms with Crippen LogP contribution >= 0.6 is 0 Å². The first-order valence-electron chi connectivity index (χ1n) is 3.99. The van der Waals surface area contributed by atoms with Crippen molar-refractivity contribution in [2.45, 2.75) is 5.79 Å². The maximum absolute atomic E-state index is 8.24. The van der Waals surface area contributed by atoms with Crippen molar-refractivity contribution in [3.8, 4) is 0 Å². The van der Waals surface area contributed by atoms with Crippen molar-refractivity contribution in [1.82, 2.24) is 0 Å². The van der Waals surface area contributed by atoms with Crippen molar-refractivity contribution in [2.24, 2.45) is 10.2 Å². The number of hydrogen-bond acceptors (Lipinski definition) is 2. The van der Waals surface area contributed by atoms with Crippen LogP contribution in [0.4, 0.5) is 0 Å². The molecule has 0 amide bonds. The van der Waals surface area contributed by atoms with Crippen LogP contribution in [0, 0.1) is 0 Å². The lowest BCUT2D eigenvalue weighted by atomic mass is 10.4. The molecule has 0 heterocycles. The van der Waals surface area contributed by atoms with Crippen LogP contribution in [0.1, 0.15) is 0 Å². The number of nitrogens with zero attached hydrogens (tertiary/aromatic N) is 6. The van der Waals surface area contributed by atoms with Gasteiger partial charge in [-0.25, -0.2) is 0 Å². The number of hydrogen-bond donors (Lipinski definition) is 0. The SMILES string of the molecule is [N-]=[N+]=NC(N=[N+]=[N-])[SiH2]c1ccccc1. The van der Waals surface area contributed by atoms with Gasteiger partial charge in [0.2, 0.25) is 0 Å². The third-order valence-corrected chi connectivity index (χ3v) is 3.27. The Labute approximate surface area is 82.6 Å². The lowest BCUT2D eigenvalue weighted by Crippen LogP contribution is -2.24. The molecular formula is C7H8N6Si. The van der Waals surface area contributed by atoms with Gasteiger partial charge in [-0.3, -0.25) is 0 Å². The van der Waals surface area contributed by atoms with Crippen LogP contribution in [0.15, 0.2) is 40.6 Å². The molecule has 6 nitrogen and oxygen atoms in total. The summed E-state index contributed by atoms with van der Waals surface area (Å²) in [4.78, 5) is 5.29. The highest BCUT2D eigenvalue weighted by atomic mass is 28.2. The molecule has 1 rings (SSSR count). The molecule has 1 aromatic rings. The van der Waals surface area contributed by atoms with Gasteiger partial charge in [-0.1, -0.05) is 45.7 Å². The molecule has 0 spiro atoms. The van der Waals surface area contributed by atoms with Crippen molar-refractivity contribution >= 4 is 14.7 Å². The minimum absolute atomic E-state index is 0.549. The van der Waals surface area contributed by atoms with Gasteiger partial charge in [-0.05, 0) is 11.1 Å². The van der Waals surface area contributed by atoms with Crippen LogP contribution in [0.25, 0.3) is 20.9 Å². The molecule has 7 heteroatoms. The molecule has 0 aromatic heterocycles. The molecule has 0 bridgehead atoms. The molecule has 0 radical (unpaired) electrons. The second-order valence-electron chi connectivity index (χ2n) is 2.58. The van der Waals surface area contributed by atoms with Gasteiger partial charge in [0.1, 0.15) is 5.79 Å². The largest absolute Gasteiger partial charge is 0.107 e. The Hall–Kier alpha value is -1.94. The van der Waals surface area contributed by atoms with Crippen molar-refractivity contribution in [3.63, 3.8) is 0 Å². The van der Waals surface area contributed by atoms with Gasteiger partial charge in [0.15, 0.2) is 0 Å². The Bertz CT molecular complexity index is 360. The molecule has 1 aromatic carbocycles. The topological polar surface area (TPSA) is 97.5 Å². The molecule has 0 aliphatic heterocycles. The Balaban J connectivity index is 2.74. The highest BCUT2D eigenvalue weighted by Gasteiger charge is 2.04. The summed E-state index contributed by atoms with van der Waals surface area (Å²) in [6, 6.07) is 9.61. The Kier molecular flexibility index (Phi) is 4.10. The molecule has 70 valence electrons. The van der Waals surface area contributed by atoms with Crippen LogP contribution in [0.2, 0.25) is 0 Å². The molecule has 14 heavy (non-hydrogen) atoms. The molecule has 0 unspecified atom stereocenters. The van der Waals surface area contributed by atoms with E-state index in [4.69, 9.17) is 11.1 Å². The standard InChI is InChI=1S/C7H8N6Si/c8-12-10-7(11-13-9)14-6-4-2-1-3-5-6/h1-5,7H,14H2. The predicted molar refractivity (Wildman–Crippen MR) is 56.7 cm³/mol. The molecule has 0 saturated heterocycles. The van der Waals surface area contributed by atoms with Gasteiger partial charge in [-0.15, -0.1) is 0 Å². The van der Waals surface area contributed by atoms with Crippen molar-refractivity contribution in [2.75, 3.05) is 0 Å². The second kappa shape index (κ2) is 5.66. The van der Waals surface area contributed by atoms with E-state index in [0.717, 1.165) is 5.19 Å². The van der Waals surface area contributed by atoms with Gasteiger partial charge >= 0.3 is 0 Å². The van der Waals surface area contributed by atoms with Crippen LogP contribution < -0.4 is 5.19 Å². The van der Waals surface area contributed by atoms with Gasteiger partial charge < -0.3 is 0 Å². The van der Waals surface area contributed by atoms with E-state index in [1.165, 1.54) is 0 Å². The average molecular weight is 204 g/mol. The summed E-state index contributed by atoms with van der Waals surface area (Å²) in [6.45, 7) is 0. The van der Waals surface area contributed by atoms with E-state index in [0.29, 0.717) is 0 Å². The minimum Gasteiger partial charge on any atom is -0.0879 e. The summed E-state index contributed by atoms with van der Waals surface area (Å²) < 4.78 is 0. The summed E-state index contributed by atoms with van der Waals surface area (Å²) in [5, 5.41) is 7.97. The van der Waals surface area contributed by atoms with E-state index in [1.807, 2.05) is 30.3 Å². The summed E-state index contributed by atoms with van der Waals surface area (Å²) in [6.07, 6.45) is 0. The molecule has 0 atom stereocenters. The van der Waals surface area contributed by atoms with Crippen molar-refractivity contribution in [1.29, 1.82) is 0 Å². The fraction of sp³-hybridized carbons (Fsp3) is 0.143. The first-order valence-corrected chi connectivity index (χ1v) is 5.51. The summed E-state index contributed by atoms with van der Waals surface area (Å²) >= 11 is 0. The van der Waals surface area contributed by atoms with E-state index in [2.05, 4.69) is 20.1 Å². The van der Waals surface area contributed by atoms with Crippen LogP contribution in [-0.4, -0.2) is 15.3 Å². The third-order valence-electron chi connectivity index (χ3n) is 1.63. The first-order chi connectivity index (χ1) is 6.86. The number of benzene rings is 1. The zero-order chi connectivity index (χ0) is 10.2. The number of azide groups is 1. The Morgan fingerprint density at radius 2 is 1.64 bits per heavy atom. The van der Waals surface area contributed by atoms with Crippen LogP contribution in [-0.2, 0) is 0 Å². The van der Waals surface area contributed by atoms with Gasteiger partial charge in [0, 0.05) is 9.82 Å². The number of rotatable bonds is 4. The molecule has 0 aliphatic carbocycles. The van der Waals surface area contributed by atoms with E-state index in [9.17, 15) is 0 Å². The van der Waals surface area contributed by atoms with Crippen molar-refractivity contribution in [3.05, 3.63) is 51.2 Å². The molecular weight excluding hydrogens is 196 g/mol. The fourth-order valence-corrected chi connectivity index (χ4v) is 2.32. The lowest BCUT2D eigenvalue weighted by molar-refractivity contribution is 0.932. The molecule has 0 saturated carbocycles. The zero-order valence-electron chi connectivity index (χ0n) is 7.35. The van der Waals surface area contributed by atoms with E-state index in [-0.39, 0.29) is 0 Å². The van der Waals surface area contributed by atoms with E-state index < -0.39 is 15.3 Å². The maximum atomic E-state index is 8.24. The Morgan fingerprint density at radius 1 is 1.07 bits per heavy atom. The fourth-order valence-electron chi connectivity index (χ4n) is 1.05. The minimum atomic E-state index is -0.860. The van der Waals surface area contributed by atoms with Crippen LogP contribution in [0.5, 0.6) is 0 Å². The highest BCUT2D eigenvalue weighted by molar-refractivity contribution is 6.55. The smallest absolute Gasteiger partial charge is 0.0879 e. The third kappa shape index (κ3) is 3.20. The Morgan fingerprint density at radius 3 is 2.14 bits per heavy atom. The summed E-state index contributed by atoms with van der Waals surface area (Å²) in [5.74, 6) is -0.549. The monoisotopic (exact) mass is 204 g/mol. The van der Waals surface area contributed by atoms with Gasteiger partial charge in [0.05, 0.1) is 9.52 Å². The highest BCUT2D eigenvalue weighted by Crippen LogP contribution is 1.93.